The highest BCUT2D eigenvalue weighted by Gasteiger charge is 2.23. The summed E-state index contributed by atoms with van der Waals surface area (Å²) in [5.41, 5.74) is 2.43. The summed E-state index contributed by atoms with van der Waals surface area (Å²) in [4.78, 5) is 16.6. The molecular formula is C22H22ClN5O2. The minimum atomic E-state index is -0.180. The van der Waals surface area contributed by atoms with Gasteiger partial charge in [-0.2, -0.15) is 0 Å². The first-order valence-electron chi connectivity index (χ1n) is 9.67. The lowest BCUT2D eigenvalue weighted by atomic mass is 10.1. The van der Waals surface area contributed by atoms with Gasteiger partial charge in [-0.05, 0) is 30.3 Å². The van der Waals surface area contributed by atoms with Crippen molar-refractivity contribution in [2.45, 2.75) is 0 Å². The third kappa shape index (κ3) is 4.46. The van der Waals surface area contributed by atoms with Gasteiger partial charge in [-0.15, -0.1) is 10.2 Å². The Bertz CT molecular complexity index is 1010. The van der Waals surface area contributed by atoms with E-state index in [1.165, 1.54) is 0 Å². The summed E-state index contributed by atoms with van der Waals surface area (Å²) in [6.07, 6.45) is 0. The van der Waals surface area contributed by atoms with Crippen molar-refractivity contribution in [3.8, 4) is 17.0 Å². The van der Waals surface area contributed by atoms with Gasteiger partial charge in [-0.25, -0.2) is 4.79 Å². The van der Waals surface area contributed by atoms with E-state index < -0.39 is 0 Å². The van der Waals surface area contributed by atoms with Crippen LogP contribution in [-0.4, -0.2) is 54.4 Å². The summed E-state index contributed by atoms with van der Waals surface area (Å²) in [5, 5.41) is 12.1. The number of methoxy groups -OCH3 is 1. The molecule has 0 unspecified atom stereocenters. The number of nitrogens with zero attached hydrogens (tertiary/aromatic N) is 4. The topological polar surface area (TPSA) is 70.6 Å². The smallest absolute Gasteiger partial charge is 0.322 e. The fourth-order valence-electron chi connectivity index (χ4n) is 3.37. The molecule has 1 aromatic heterocycles. The zero-order valence-corrected chi connectivity index (χ0v) is 17.3. The second-order valence-electron chi connectivity index (χ2n) is 6.89. The molecule has 0 atom stereocenters. The van der Waals surface area contributed by atoms with Gasteiger partial charge in [-0.1, -0.05) is 41.9 Å². The summed E-state index contributed by atoms with van der Waals surface area (Å²) in [7, 11) is 1.56. The molecule has 7 nitrogen and oxygen atoms in total. The predicted octanol–water partition coefficient (Wildman–Crippen LogP) is 4.16. The molecule has 0 radical (unpaired) electrons. The molecule has 30 heavy (non-hydrogen) atoms. The number of hydrogen-bond acceptors (Lipinski definition) is 5. The molecule has 1 aliphatic heterocycles. The lowest BCUT2D eigenvalue weighted by molar-refractivity contribution is 0.208. The summed E-state index contributed by atoms with van der Waals surface area (Å²) >= 11 is 6.04. The number of amides is 2. The number of hydrogen-bond donors (Lipinski definition) is 1. The van der Waals surface area contributed by atoms with E-state index in [0.29, 0.717) is 42.6 Å². The van der Waals surface area contributed by atoms with Crippen LogP contribution in [0, 0.1) is 0 Å². The number of halogens is 1. The van der Waals surface area contributed by atoms with Crippen LogP contribution in [0.4, 0.5) is 16.3 Å². The summed E-state index contributed by atoms with van der Waals surface area (Å²) in [6.45, 7) is 2.52. The molecule has 0 aliphatic carbocycles. The van der Waals surface area contributed by atoms with E-state index in [0.717, 1.165) is 17.1 Å². The van der Waals surface area contributed by atoms with Gasteiger partial charge < -0.3 is 19.9 Å². The number of urea groups is 1. The maximum absolute atomic E-state index is 12.7. The van der Waals surface area contributed by atoms with Crippen LogP contribution in [-0.2, 0) is 0 Å². The first kappa shape index (κ1) is 20.0. The maximum atomic E-state index is 12.7. The molecule has 2 aromatic carbocycles. The highest BCUT2D eigenvalue weighted by Crippen LogP contribution is 2.28. The summed E-state index contributed by atoms with van der Waals surface area (Å²) < 4.78 is 5.29. The molecule has 0 saturated carbocycles. The molecule has 1 saturated heterocycles. The van der Waals surface area contributed by atoms with Gasteiger partial charge in [0, 0.05) is 36.8 Å². The van der Waals surface area contributed by atoms with Crippen LogP contribution in [0.2, 0.25) is 5.02 Å². The molecule has 2 amide bonds. The van der Waals surface area contributed by atoms with Crippen LogP contribution in [0.5, 0.6) is 5.75 Å². The molecular weight excluding hydrogens is 402 g/mol. The number of carbonyl (C=O) groups is 1. The Morgan fingerprint density at radius 1 is 1.00 bits per heavy atom. The van der Waals surface area contributed by atoms with E-state index in [4.69, 9.17) is 16.3 Å². The Balaban J connectivity index is 1.36. The number of aromatic nitrogens is 2. The van der Waals surface area contributed by atoms with Crippen molar-refractivity contribution in [3.05, 3.63) is 65.7 Å². The largest absolute Gasteiger partial charge is 0.495 e. The average Bonchev–Trinajstić information content (AvgIpc) is 2.80. The van der Waals surface area contributed by atoms with Crippen molar-refractivity contribution in [1.82, 2.24) is 15.1 Å². The quantitative estimate of drug-likeness (QED) is 0.682. The third-order valence-corrected chi connectivity index (χ3v) is 5.25. The average molecular weight is 424 g/mol. The normalized spacial score (nSPS) is 13.8. The zero-order chi connectivity index (χ0) is 20.9. The molecule has 2 heterocycles. The van der Waals surface area contributed by atoms with Crippen LogP contribution in [0.3, 0.4) is 0 Å². The molecule has 0 bridgehead atoms. The Hall–Kier alpha value is -3.32. The van der Waals surface area contributed by atoms with Gasteiger partial charge in [0.1, 0.15) is 5.75 Å². The molecule has 0 spiro atoms. The van der Waals surface area contributed by atoms with Gasteiger partial charge in [-0.3, -0.25) is 0 Å². The fraction of sp³-hybridized carbons (Fsp3) is 0.227. The molecule has 8 heteroatoms. The highest BCUT2D eigenvalue weighted by atomic mass is 35.5. The minimum Gasteiger partial charge on any atom is -0.495 e. The van der Waals surface area contributed by atoms with Crippen LogP contribution >= 0.6 is 11.6 Å². The van der Waals surface area contributed by atoms with E-state index in [1.807, 2.05) is 42.5 Å². The molecule has 4 rings (SSSR count). The molecule has 1 fully saturated rings. The van der Waals surface area contributed by atoms with E-state index >= 15 is 0 Å². The Morgan fingerprint density at radius 3 is 2.43 bits per heavy atom. The van der Waals surface area contributed by atoms with Crippen LogP contribution in [0.15, 0.2) is 60.7 Å². The Morgan fingerprint density at radius 2 is 1.77 bits per heavy atom. The highest BCUT2D eigenvalue weighted by molar-refractivity contribution is 6.31. The van der Waals surface area contributed by atoms with Gasteiger partial charge in [0.2, 0.25) is 0 Å². The van der Waals surface area contributed by atoms with Crippen LogP contribution in [0.1, 0.15) is 0 Å². The van der Waals surface area contributed by atoms with Gasteiger partial charge in [0.15, 0.2) is 5.82 Å². The third-order valence-electron chi connectivity index (χ3n) is 5.01. The lowest BCUT2D eigenvalue weighted by Gasteiger charge is -2.35. The van der Waals surface area contributed by atoms with Crippen LogP contribution < -0.4 is 15.0 Å². The number of anilines is 2. The summed E-state index contributed by atoms with van der Waals surface area (Å²) in [6, 6.07) is 18.9. The predicted molar refractivity (Wildman–Crippen MR) is 118 cm³/mol. The van der Waals surface area contributed by atoms with Crippen LogP contribution in [0.25, 0.3) is 11.3 Å². The minimum absolute atomic E-state index is 0.180. The number of carbonyl (C=O) groups excluding carboxylic acids is 1. The van der Waals surface area contributed by atoms with Crippen molar-refractivity contribution in [2.75, 3.05) is 43.5 Å². The molecule has 154 valence electrons. The van der Waals surface area contributed by atoms with E-state index in [1.54, 1.807) is 30.2 Å². The van der Waals surface area contributed by atoms with E-state index in [-0.39, 0.29) is 6.03 Å². The number of nitrogens with one attached hydrogen (secondary N) is 1. The van der Waals surface area contributed by atoms with E-state index in [9.17, 15) is 4.79 Å². The standard InChI is InChI=1S/C22H22ClN5O2/c1-30-20-9-7-17(23)15-19(20)24-22(29)28-13-11-27(12-14-28)21-10-8-18(25-26-21)16-5-3-2-4-6-16/h2-10,15H,11-14H2,1H3,(H,24,29). The second-order valence-corrected chi connectivity index (χ2v) is 7.33. The first-order valence-corrected chi connectivity index (χ1v) is 10.1. The molecule has 3 aromatic rings. The Kier molecular flexibility index (Phi) is 5.99. The van der Waals surface area contributed by atoms with Crippen molar-refractivity contribution >= 4 is 29.1 Å². The van der Waals surface area contributed by atoms with Gasteiger partial charge in [0.25, 0.3) is 0 Å². The summed E-state index contributed by atoms with van der Waals surface area (Å²) in [5.74, 6) is 1.38. The van der Waals surface area contributed by atoms with Gasteiger partial charge in [0.05, 0.1) is 18.5 Å². The van der Waals surface area contributed by atoms with Crippen molar-refractivity contribution in [1.29, 1.82) is 0 Å². The van der Waals surface area contributed by atoms with E-state index in [2.05, 4.69) is 20.4 Å². The first-order chi connectivity index (χ1) is 14.6. The van der Waals surface area contributed by atoms with Crippen molar-refractivity contribution in [3.63, 3.8) is 0 Å². The van der Waals surface area contributed by atoms with Gasteiger partial charge >= 0.3 is 6.03 Å². The number of benzene rings is 2. The number of ether oxygens (including phenoxy) is 1. The zero-order valence-electron chi connectivity index (χ0n) is 16.6. The Labute approximate surface area is 180 Å². The van der Waals surface area contributed by atoms with Crippen molar-refractivity contribution in [2.24, 2.45) is 0 Å². The maximum Gasteiger partial charge on any atom is 0.322 e. The SMILES string of the molecule is COc1ccc(Cl)cc1NC(=O)N1CCN(c2ccc(-c3ccccc3)nn2)CC1. The second kappa shape index (κ2) is 9.00. The molecule has 1 aliphatic rings. The number of rotatable bonds is 4. The monoisotopic (exact) mass is 423 g/mol. The fourth-order valence-corrected chi connectivity index (χ4v) is 3.54. The number of piperazine rings is 1. The van der Waals surface area contributed by atoms with Crippen molar-refractivity contribution < 1.29 is 9.53 Å². The lowest BCUT2D eigenvalue weighted by Crippen LogP contribution is -2.50. The molecule has 1 N–H and O–H groups in total.